The largest absolute Gasteiger partial charge is 0.497 e. The van der Waals surface area contributed by atoms with Gasteiger partial charge in [0, 0.05) is 12.5 Å². The Morgan fingerprint density at radius 1 is 0.875 bits per heavy atom. The van der Waals surface area contributed by atoms with Crippen molar-refractivity contribution < 1.29 is 34.3 Å². The molecule has 1 saturated heterocycles. The van der Waals surface area contributed by atoms with Crippen LogP contribution in [-0.2, 0) is 14.2 Å². The summed E-state index contributed by atoms with van der Waals surface area (Å²) in [6, 6.07) is 8.53. The van der Waals surface area contributed by atoms with Gasteiger partial charge in [-0.05, 0) is 111 Å². The fraction of sp³-hybridized carbons (Fsp3) is 0.818. The molecule has 1 aromatic carbocycles. The summed E-state index contributed by atoms with van der Waals surface area (Å²) in [5.41, 5.74) is 0.774. The third kappa shape index (κ3) is 4.29. The van der Waals surface area contributed by atoms with Crippen LogP contribution in [-0.4, -0.2) is 72.0 Å². The van der Waals surface area contributed by atoms with Gasteiger partial charge in [-0.1, -0.05) is 26.0 Å². The molecule has 0 aromatic heterocycles. The molecule has 0 amide bonds. The maximum Gasteiger partial charge on any atom is 0.186 e. The highest BCUT2D eigenvalue weighted by Crippen LogP contribution is 2.70. The molecule has 0 spiro atoms. The number of benzene rings is 1. The van der Waals surface area contributed by atoms with Gasteiger partial charge in [-0.25, -0.2) is 0 Å². The second-order valence-electron chi connectivity index (χ2n) is 14.2. The smallest absolute Gasteiger partial charge is 0.186 e. The lowest BCUT2D eigenvalue weighted by Crippen LogP contribution is -2.62. The van der Waals surface area contributed by atoms with Crippen LogP contribution in [0, 0.1) is 28.6 Å². The zero-order valence-electron chi connectivity index (χ0n) is 24.9. The normalized spacial score (nSPS) is 50.5. The highest BCUT2D eigenvalue weighted by molar-refractivity contribution is 5.34. The van der Waals surface area contributed by atoms with Crippen molar-refractivity contribution in [3.8, 4) is 5.75 Å². The first kappa shape index (κ1) is 28.9. The van der Waals surface area contributed by atoms with Crippen molar-refractivity contribution in [2.45, 2.75) is 127 Å². The summed E-state index contributed by atoms with van der Waals surface area (Å²) in [6.07, 6.45) is 5.39. The van der Waals surface area contributed by atoms with Crippen LogP contribution >= 0.6 is 0 Å². The summed E-state index contributed by atoms with van der Waals surface area (Å²) in [7, 11) is 3.21. The van der Waals surface area contributed by atoms with Gasteiger partial charge >= 0.3 is 0 Å². The van der Waals surface area contributed by atoms with Gasteiger partial charge < -0.3 is 34.3 Å². The number of aliphatic hydroxyl groups is 3. The molecule has 5 aliphatic rings. The number of fused-ring (bicyclic) bond motifs is 5. The Morgan fingerprint density at radius 3 is 2.33 bits per heavy atom. The molecule has 7 nitrogen and oxygen atoms in total. The van der Waals surface area contributed by atoms with Crippen molar-refractivity contribution in [2.75, 3.05) is 14.2 Å². The Bertz CT molecular complexity index is 1050. The summed E-state index contributed by atoms with van der Waals surface area (Å²) in [4.78, 5) is 0. The van der Waals surface area contributed by atoms with Crippen molar-refractivity contribution in [3.05, 3.63) is 29.8 Å². The molecule has 1 heterocycles. The molecule has 224 valence electrons. The predicted molar refractivity (Wildman–Crippen MR) is 151 cm³/mol. The average Bonchev–Trinajstić information content (AvgIpc) is 3.23. The molecule has 1 aromatic rings. The molecule has 1 aliphatic heterocycles. The van der Waals surface area contributed by atoms with Crippen LogP contribution in [0.15, 0.2) is 24.3 Å². The second kappa shape index (κ2) is 10.5. The van der Waals surface area contributed by atoms with E-state index in [0.717, 1.165) is 57.1 Å². The molecule has 0 unspecified atom stereocenters. The zero-order chi connectivity index (χ0) is 28.4. The number of ether oxygens (including phenoxy) is 4. The van der Waals surface area contributed by atoms with Crippen LogP contribution in [0.1, 0.15) is 90.0 Å². The van der Waals surface area contributed by atoms with E-state index in [1.165, 1.54) is 19.1 Å². The lowest BCUT2D eigenvalue weighted by atomic mass is 9.43. The summed E-state index contributed by atoms with van der Waals surface area (Å²) >= 11 is 0. The van der Waals surface area contributed by atoms with E-state index < -0.39 is 36.3 Å². The standard InChI is InChI=1S/C33H50O7/c1-19-27(34)29(38-5)28(35)30(39-19)40-23-12-15-31(2)21(18-23)8-11-26-25(31)13-16-32(3)24(14-17-33(26,32)36)20-6-9-22(37-4)10-7-20/h6-7,9-10,19,21,23-30,34-36H,8,11-18H2,1-5H3/t19-,21+,23-,24+,25-,26+,27-,28-,29+,30+,31-,32+,33-/m0/s1. The first-order chi connectivity index (χ1) is 19.1. The first-order valence-electron chi connectivity index (χ1n) is 15.6. The van der Waals surface area contributed by atoms with Gasteiger partial charge in [0.05, 0.1) is 24.9 Å². The molecule has 4 saturated carbocycles. The van der Waals surface area contributed by atoms with E-state index in [-0.39, 0.29) is 16.9 Å². The molecule has 7 heteroatoms. The summed E-state index contributed by atoms with van der Waals surface area (Å²) in [5.74, 6) is 2.64. The number of hydrogen-bond donors (Lipinski definition) is 3. The minimum absolute atomic E-state index is 0.0112. The first-order valence-corrected chi connectivity index (χ1v) is 15.6. The fourth-order valence-corrected chi connectivity index (χ4v) is 10.3. The second-order valence-corrected chi connectivity index (χ2v) is 14.2. The van der Waals surface area contributed by atoms with E-state index in [0.29, 0.717) is 23.7 Å². The Morgan fingerprint density at radius 2 is 1.62 bits per heavy atom. The summed E-state index contributed by atoms with van der Waals surface area (Å²) in [5, 5.41) is 33.7. The van der Waals surface area contributed by atoms with Crippen molar-refractivity contribution in [3.63, 3.8) is 0 Å². The third-order valence-corrected chi connectivity index (χ3v) is 12.7. The van der Waals surface area contributed by atoms with E-state index in [4.69, 9.17) is 18.9 Å². The van der Waals surface area contributed by atoms with Crippen LogP contribution in [0.4, 0.5) is 0 Å². The Kier molecular flexibility index (Phi) is 7.58. The fourth-order valence-electron chi connectivity index (χ4n) is 10.3. The molecule has 3 N–H and O–H groups in total. The minimum Gasteiger partial charge on any atom is -0.497 e. The summed E-state index contributed by atoms with van der Waals surface area (Å²) in [6.45, 7) is 6.64. The average molecular weight is 559 g/mol. The molecular weight excluding hydrogens is 508 g/mol. The zero-order valence-corrected chi connectivity index (χ0v) is 24.9. The summed E-state index contributed by atoms with van der Waals surface area (Å²) < 4.78 is 23.0. The topological polar surface area (TPSA) is 97.6 Å². The minimum atomic E-state index is -1.02. The molecule has 6 rings (SSSR count). The quantitative estimate of drug-likeness (QED) is 0.447. The predicted octanol–water partition coefficient (Wildman–Crippen LogP) is 4.80. The monoisotopic (exact) mass is 558 g/mol. The number of rotatable bonds is 5. The molecule has 0 bridgehead atoms. The highest BCUT2D eigenvalue weighted by Gasteiger charge is 2.67. The lowest BCUT2D eigenvalue weighted by Gasteiger charge is -2.64. The highest BCUT2D eigenvalue weighted by atomic mass is 16.7. The van der Waals surface area contributed by atoms with Crippen LogP contribution in [0.5, 0.6) is 5.75 Å². The molecule has 4 aliphatic carbocycles. The Labute approximate surface area is 239 Å². The molecule has 40 heavy (non-hydrogen) atoms. The van der Waals surface area contributed by atoms with E-state index in [1.807, 2.05) is 0 Å². The molecular formula is C33H50O7. The molecule has 0 radical (unpaired) electrons. The third-order valence-electron chi connectivity index (χ3n) is 12.7. The van der Waals surface area contributed by atoms with E-state index in [9.17, 15) is 15.3 Å². The van der Waals surface area contributed by atoms with Crippen molar-refractivity contribution in [1.82, 2.24) is 0 Å². The maximum absolute atomic E-state index is 12.6. The van der Waals surface area contributed by atoms with Gasteiger partial charge in [-0.15, -0.1) is 0 Å². The van der Waals surface area contributed by atoms with Gasteiger partial charge in [-0.2, -0.15) is 0 Å². The van der Waals surface area contributed by atoms with Crippen LogP contribution in [0.25, 0.3) is 0 Å². The maximum atomic E-state index is 12.6. The van der Waals surface area contributed by atoms with Crippen molar-refractivity contribution in [2.24, 2.45) is 28.6 Å². The van der Waals surface area contributed by atoms with E-state index in [1.54, 1.807) is 14.0 Å². The SMILES string of the molecule is COc1ccc([C@H]2CC[C@]3(O)[C@@H]4CC[C@@H]5C[C@@H](O[C@H]6O[C@@H](C)[C@H](O)[C@@H](OC)[C@@H]6O)CC[C@]5(C)[C@H]4CC[C@]23C)cc1. The number of aliphatic hydroxyl groups excluding tert-OH is 2. The van der Waals surface area contributed by atoms with E-state index in [2.05, 4.69) is 38.1 Å². The number of hydrogen-bond acceptors (Lipinski definition) is 7. The molecule has 5 fully saturated rings. The number of methoxy groups -OCH3 is 2. The van der Waals surface area contributed by atoms with E-state index >= 15 is 0 Å². The van der Waals surface area contributed by atoms with Crippen molar-refractivity contribution >= 4 is 0 Å². The Balaban J connectivity index is 1.16. The van der Waals surface area contributed by atoms with Crippen LogP contribution in [0.2, 0.25) is 0 Å². The van der Waals surface area contributed by atoms with Gasteiger partial charge in [0.1, 0.15) is 24.1 Å². The molecule has 13 atom stereocenters. The van der Waals surface area contributed by atoms with Gasteiger partial charge in [0.25, 0.3) is 0 Å². The van der Waals surface area contributed by atoms with Gasteiger partial charge in [-0.3, -0.25) is 0 Å². The van der Waals surface area contributed by atoms with Crippen molar-refractivity contribution in [1.29, 1.82) is 0 Å². The van der Waals surface area contributed by atoms with Crippen LogP contribution < -0.4 is 4.74 Å². The van der Waals surface area contributed by atoms with Gasteiger partial charge in [0.2, 0.25) is 0 Å². The lowest BCUT2D eigenvalue weighted by molar-refractivity contribution is -0.313. The Hall–Kier alpha value is -1.22. The van der Waals surface area contributed by atoms with Crippen LogP contribution in [0.3, 0.4) is 0 Å². The van der Waals surface area contributed by atoms with Gasteiger partial charge in [0.15, 0.2) is 6.29 Å².